The first kappa shape index (κ1) is 23.1. The van der Waals surface area contributed by atoms with Gasteiger partial charge in [-0.15, -0.1) is 0 Å². The van der Waals surface area contributed by atoms with Gasteiger partial charge in [0.25, 0.3) is 0 Å². The van der Waals surface area contributed by atoms with E-state index in [0.29, 0.717) is 5.02 Å². The Bertz CT molecular complexity index is 985. The van der Waals surface area contributed by atoms with E-state index in [9.17, 15) is 27.9 Å². The lowest BCUT2D eigenvalue weighted by Crippen LogP contribution is -2.72. The van der Waals surface area contributed by atoms with Crippen LogP contribution in [0.3, 0.4) is 0 Å². The standard InChI is InChI=1S/C22H22ClF3N2O3/c1-20(2,3)14-8-4-12(5-9-14)17-16(18(29)13-6-10-15(23)11-7-13)21(31,22(24,25)26)28-19(30)27-17/h4-11,16-17,31H,1-3H3,(H2,27,28,30)/t16-,17-,21+/m1/s1. The summed E-state index contributed by atoms with van der Waals surface area (Å²) >= 11 is 5.82. The van der Waals surface area contributed by atoms with E-state index in [-0.39, 0.29) is 16.5 Å². The lowest BCUT2D eigenvalue weighted by atomic mass is 9.76. The number of hydrogen-bond donors (Lipinski definition) is 3. The van der Waals surface area contributed by atoms with Crippen LogP contribution in [0.1, 0.15) is 48.3 Å². The van der Waals surface area contributed by atoms with E-state index in [4.69, 9.17) is 11.6 Å². The van der Waals surface area contributed by atoms with E-state index >= 15 is 0 Å². The summed E-state index contributed by atoms with van der Waals surface area (Å²) in [4.78, 5) is 25.3. The van der Waals surface area contributed by atoms with Gasteiger partial charge in [0.2, 0.25) is 5.72 Å². The van der Waals surface area contributed by atoms with E-state index in [1.165, 1.54) is 29.6 Å². The molecular formula is C22H22ClF3N2O3. The van der Waals surface area contributed by atoms with Crippen LogP contribution in [0.4, 0.5) is 18.0 Å². The minimum absolute atomic E-state index is 0.0775. The van der Waals surface area contributed by atoms with E-state index in [1.807, 2.05) is 20.8 Å². The molecule has 1 aliphatic rings. The minimum atomic E-state index is -5.30. The first-order chi connectivity index (χ1) is 14.2. The van der Waals surface area contributed by atoms with Crippen molar-refractivity contribution >= 4 is 23.4 Å². The Morgan fingerprint density at radius 2 is 1.58 bits per heavy atom. The van der Waals surface area contributed by atoms with Crippen LogP contribution in [-0.2, 0) is 5.41 Å². The molecule has 0 spiro atoms. The van der Waals surface area contributed by atoms with Crippen molar-refractivity contribution in [3.05, 3.63) is 70.2 Å². The van der Waals surface area contributed by atoms with Crippen molar-refractivity contribution in [3.8, 4) is 0 Å². The highest BCUT2D eigenvalue weighted by Crippen LogP contribution is 2.44. The number of rotatable bonds is 3. The predicted octanol–water partition coefficient (Wildman–Crippen LogP) is 4.74. The van der Waals surface area contributed by atoms with Crippen LogP contribution in [0.5, 0.6) is 0 Å². The second kappa shape index (κ2) is 7.84. The monoisotopic (exact) mass is 454 g/mol. The molecule has 1 aliphatic heterocycles. The summed E-state index contributed by atoms with van der Waals surface area (Å²) in [5.74, 6) is -3.07. The zero-order valence-electron chi connectivity index (χ0n) is 17.0. The van der Waals surface area contributed by atoms with Crippen LogP contribution < -0.4 is 10.6 Å². The number of ketones is 1. The molecule has 0 aliphatic carbocycles. The van der Waals surface area contributed by atoms with Gasteiger partial charge in [0.05, 0.1) is 6.04 Å². The van der Waals surface area contributed by atoms with Crippen LogP contribution in [0.15, 0.2) is 48.5 Å². The molecule has 0 bridgehead atoms. The van der Waals surface area contributed by atoms with Crippen LogP contribution in [-0.4, -0.2) is 28.8 Å². The van der Waals surface area contributed by atoms with Crippen LogP contribution in [0, 0.1) is 5.92 Å². The predicted molar refractivity (Wildman–Crippen MR) is 110 cm³/mol. The lowest BCUT2D eigenvalue weighted by molar-refractivity contribution is -0.287. The Kier molecular flexibility index (Phi) is 5.84. The molecule has 3 N–H and O–H groups in total. The van der Waals surface area contributed by atoms with Crippen molar-refractivity contribution in [2.45, 2.75) is 44.1 Å². The second-order valence-corrected chi connectivity index (χ2v) is 9.00. The maximum absolute atomic E-state index is 13.9. The van der Waals surface area contributed by atoms with Gasteiger partial charge in [-0.2, -0.15) is 13.2 Å². The van der Waals surface area contributed by atoms with Gasteiger partial charge in [0.15, 0.2) is 5.78 Å². The summed E-state index contributed by atoms with van der Waals surface area (Å²) in [7, 11) is 0. The third-order valence-electron chi connectivity index (χ3n) is 5.35. The van der Waals surface area contributed by atoms with Crippen molar-refractivity contribution in [2.24, 2.45) is 5.92 Å². The minimum Gasteiger partial charge on any atom is -0.363 e. The van der Waals surface area contributed by atoms with Crippen molar-refractivity contribution in [2.75, 3.05) is 0 Å². The number of alkyl halides is 3. The number of Topliss-reactive ketones (excluding diaryl/α,β-unsaturated/α-hetero) is 1. The molecule has 9 heteroatoms. The molecule has 31 heavy (non-hydrogen) atoms. The van der Waals surface area contributed by atoms with Gasteiger partial charge < -0.3 is 15.7 Å². The molecule has 0 radical (unpaired) electrons. The van der Waals surface area contributed by atoms with Gasteiger partial charge in [-0.05, 0) is 40.8 Å². The topological polar surface area (TPSA) is 78.4 Å². The summed E-state index contributed by atoms with van der Waals surface area (Å²) in [6.07, 6.45) is -5.30. The smallest absolute Gasteiger partial charge is 0.363 e. The molecule has 1 saturated heterocycles. The van der Waals surface area contributed by atoms with Gasteiger partial charge in [-0.3, -0.25) is 4.79 Å². The Balaban J connectivity index is 2.13. The third kappa shape index (κ3) is 4.41. The van der Waals surface area contributed by atoms with Gasteiger partial charge in [0.1, 0.15) is 5.92 Å². The molecule has 1 heterocycles. The highest BCUT2D eigenvalue weighted by atomic mass is 35.5. The molecule has 0 aromatic heterocycles. The van der Waals surface area contributed by atoms with Crippen molar-refractivity contribution < 1.29 is 27.9 Å². The maximum atomic E-state index is 13.9. The molecular weight excluding hydrogens is 433 g/mol. The van der Waals surface area contributed by atoms with Gasteiger partial charge >= 0.3 is 12.2 Å². The van der Waals surface area contributed by atoms with Crippen molar-refractivity contribution in [1.29, 1.82) is 0 Å². The first-order valence-electron chi connectivity index (χ1n) is 9.52. The number of carbonyl (C=O) groups is 2. The number of benzene rings is 2. The molecule has 2 aromatic carbocycles. The Morgan fingerprint density at radius 3 is 2.06 bits per heavy atom. The van der Waals surface area contributed by atoms with Crippen LogP contribution >= 0.6 is 11.6 Å². The number of aliphatic hydroxyl groups is 1. The zero-order chi connectivity index (χ0) is 23.2. The zero-order valence-corrected chi connectivity index (χ0v) is 17.8. The number of amides is 2. The largest absolute Gasteiger partial charge is 0.437 e. The number of nitrogens with one attached hydrogen (secondary N) is 2. The van der Waals surface area contributed by atoms with Crippen molar-refractivity contribution in [3.63, 3.8) is 0 Å². The maximum Gasteiger partial charge on any atom is 0.437 e. The molecule has 0 unspecified atom stereocenters. The fourth-order valence-corrected chi connectivity index (χ4v) is 3.73. The SMILES string of the molecule is CC(C)(C)c1ccc([C@H]2NC(=O)N[C@@](O)(C(F)(F)F)[C@H]2C(=O)c2ccc(Cl)cc2)cc1. The average Bonchev–Trinajstić information content (AvgIpc) is 2.66. The highest BCUT2D eigenvalue weighted by Gasteiger charge is 2.66. The normalized spacial score (nSPS) is 24.3. The quantitative estimate of drug-likeness (QED) is 0.586. The first-order valence-corrected chi connectivity index (χ1v) is 9.90. The molecule has 5 nitrogen and oxygen atoms in total. The molecule has 2 aromatic rings. The lowest BCUT2D eigenvalue weighted by Gasteiger charge is -2.45. The number of urea groups is 1. The molecule has 3 rings (SSSR count). The van der Waals surface area contributed by atoms with Gasteiger partial charge in [0, 0.05) is 10.6 Å². The summed E-state index contributed by atoms with van der Waals surface area (Å²) in [6, 6.07) is 9.18. The fourth-order valence-electron chi connectivity index (χ4n) is 3.60. The molecule has 3 atom stereocenters. The number of hydrogen-bond acceptors (Lipinski definition) is 3. The van der Waals surface area contributed by atoms with Crippen LogP contribution in [0.25, 0.3) is 0 Å². The molecule has 2 amide bonds. The highest BCUT2D eigenvalue weighted by molar-refractivity contribution is 6.30. The van der Waals surface area contributed by atoms with E-state index < -0.39 is 35.7 Å². The Labute approximate surface area is 182 Å². The number of carbonyl (C=O) groups excluding carboxylic acids is 2. The molecule has 1 fully saturated rings. The van der Waals surface area contributed by atoms with Gasteiger partial charge in [-0.1, -0.05) is 56.6 Å². The molecule has 166 valence electrons. The Hall–Kier alpha value is -2.58. The van der Waals surface area contributed by atoms with Gasteiger partial charge in [-0.25, -0.2) is 4.79 Å². The summed E-state index contributed by atoms with van der Waals surface area (Å²) in [6.45, 7) is 5.93. The summed E-state index contributed by atoms with van der Waals surface area (Å²) < 4.78 is 41.8. The summed E-state index contributed by atoms with van der Waals surface area (Å²) in [5.41, 5.74) is -2.87. The van der Waals surface area contributed by atoms with E-state index in [0.717, 1.165) is 5.56 Å². The second-order valence-electron chi connectivity index (χ2n) is 8.56. The molecule has 0 saturated carbocycles. The van der Waals surface area contributed by atoms with Crippen LogP contribution in [0.2, 0.25) is 5.02 Å². The Morgan fingerprint density at radius 1 is 1.03 bits per heavy atom. The fraction of sp³-hybridized carbons (Fsp3) is 0.364. The van der Waals surface area contributed by atoms with E-state index in [1.54, 1.807) is 24.3 Å². The average molecular weight is 455 g/mol. The third-order valence-corrected chi connectivity index (χ3v) is 5.61. The van der Waals surface area contributed by atoms with E-state index in [2.05, 4.69) is 5.32 Å². The van der Waals surface area contributed by atoms with Crippen molar-refractivity contribution in [1.82, 2.24) is 10.6 Å². The number of halogens is 4. The summed E-state index contributed by atoms with van der Waals surface area (Å²) in [5, 5.41) is 14.8.